The maximum absolute atomic E-state index is 4.63. The molecule has 0 amide bonds. The van der Waals surface area contributed by atoms with Gasteiger partial charge in [-0.05, 0) is 5.56 Å². The fraction of sp³-hybridized carbons (Fsp3) is 0.0385. The zero-order valence-corrected chi connectivity index (χ0v) is 17.8. The van der Waals surface area contributed by atoms with Crippen LogP contribution in [0.25, 0.3) is 11.4 Å². The third-order valence-electron chi connectivity index (χ3n) is 5.39. The van der Waals surface area contributed by atoms with Gasteiger partial charge in [-0.15, -0.1) is 5.10 Å². The summed E-state index contributed by atoms with van der Waals surface area (Å²) in [6.07, 6.45) is 0. The Bertz CT molecular complexity index is 1160. The van der Waals surface area contributed by atoms with Gasteiger partial charge >= 0.3 is 0 Å². The van der Waals surface area contributed by atoms with E-state index >= 15 is 0 Å². The number of rotatable bonds is 6. The molecule has 1 N–H and O–H groups in total. The first kappa shape index (κ1) is 18.4. The summed E-state index contributed by atoms with van der Waals surface area (Å²) in [4.78, 5) is 1.91. The molecule has 0 unspecified atom stereocenters. The number of hydrogen-bond donors (Lipinski definition) is 1. The number of aromatic nitrogens is 3. The van der Waals surface area contributed by atoms with Crippen molar-refractivity contribution in [3.8, 4) is 11.4 Å². The monoisotopic (exact) mass is 405 g/mol. The quantitative estimate of drug-likeness (QED) is 0.342. The van der Waals surface area contributed by atoms with Gasteiger partial charge in [-0.3, -0.25) is 5.10 Å². The van der Waals surface area contributed by atoms with Gasteiger partial charge in [0.15, 0.2) is 5.82 Å². The van der Waals surface area contributed by atoms with Gasteiger partial charge in [0, 0.05) is 5.56 Å². The Hall–Kier alpha value is -3.63. The van der Waals surface area contributed by atoms with Crippen LogP contribution in [0.2, 0.25) is 0 Å². The molecular formula is C26H23N3Si. The predicted octanol–water partition coefficient (Wildman–Crippen LogP) is 3.18. The zero-order valence-electron chi connectivity index (χ0n) is 16.6. The lowest BCUT2D eigenvalue weighted by Gasteiger charge is -2.19. The summed E-state index contributed by atoms with van der Waals surface area (Å²) >= 11 is 0. The summed E-state index contributed by atoms with van der Waals surface area (Å²) in [5.41, 5.74) is 2.38. The molecule has 0 radical (unpaired) electrons. The zero-order chi connectivity index (χ0) is 20.2. The molecule has 0 fully saturated rings. The maximum Gasteiger partial charge on any atom is 0.175 e. The fourth-order valence-corrected chi connectivity index (χ4v) is 7.00. The highest BCUT2D eigenvalue weighted by Gasteiger charge is 2.19. The second kappa shape index (κ2) is 8.39. The van der Waals surface area contributed by atoms with Gasteiger partial charge in [0.25, 0.3) is 0 Å². The molecule has 4 heteroatoms. The van der Waals surface area contributed by atoms with Crippen LogP contribution in [0.3, 0.4) is 0 Å². The van der Waals surface area contributed by atoms with E-state index in [4.69, 9.17) is 0 Å². The summed E-state index contributed by atoms with van der Waals surface area (Å²) in [5, 5.41) is 12.3. The van der Waals surface area contributed by atoms with Crippen molar-refractivity contribution in [2.24, 2.45) is 0 Å². The summed E-state index contributed by atoms with van der Waals surface area (Å²) in [5.74, 6) is 0.924. The Morgan fingerprint density at radius 3 is 1.77 bits per heavy atom. The van der Waals surface area contributed by atoms with E-state index in [1.807, 2.05) is 23.0 Å². The molecule has 5 rings (SSSR count). The third-order valence-corrected chi connectivity index (χ3v) is 8.51. The van der Waals surface area contributed by atoms with Crippen LogP contribution in [-0.2, 0) is 6.54 Å². The lowest BCUT2D eigenvalue weighted by Crippen LogP contribution is -2.52. The topological polar surface area (TPSA) is 33.6 Å². The van der Waals surface area contributed by atoms with Gasteiger partial charge in [-0.1, -0.05) is 131 Å². The standard InChI is InChI=1S/C26H23N3Si/c1-4-12-22(13-5-1)26-27-29(28-26)20-21-11-10-18-25(19-21)30(23-14-6-2-7-15-23)24-16-8-3-9-17-24/h1-19,30H,20H2,(H,27,28). The fourth-order valence-electron chi connectivity index (χ4n) is 3.95. The molecule has 0 atom stereocenters. The highest BCUT2D eigenvalue weighted by atomic mass is 28.3. The maximum atomic E-state index is 4.63. The number of nitrogens with one attached hydrogen (secondary N) is 1. The second-order valence-electron chi connectivity index (χ2n) is 7.48. The lowest BCUT2D eigenvalue weighted by molar-refractivity contribution is 0.509. The van der Waals surface area contributed by atoms with E-state index in [2.05, 4.69) is 107 Å². The number of H-pyrrole nitrogens is 1. The van der Waals surface area contributed by atoms with Crippen molar-refractivity contribution in [3.63, 3.8) is 0 Å². The first-order valence-electron chi connectivity index (χ1n) is 10.2. The van der Waals surface area contributed by atoms with Crippen LogP contribution in [0.1, 0.15) is 5.56 Å². The van der Waals surface area contributed by atoms with Crippen molar-refractivity contribution in [1.82, 2.24) is 15.0 Å². The van der Waals surface area contributed by atoms with Crippen molar-refractivity contribution in [2.75, 3.05) is 0 Å². The van der Waals surface area contributed by atoms with Crippen molar-refractivity contribution in [2.45, 2.75) is 6.54 Å². The van der Waals surface area contributed by atoms with Crippen LogP contribution in [0.15, 0.2) is 115 Å². The minimum absolute atomic E-state index is 0.745. The van der Waals surface area contributed by atoms with E-state index in [1.54, 1.807) is 0 Å². The molecule has 0 saturated heterocycles. The lowest BCUT2D eigenvalue weighted by atomic mass is 10.2. The van der Waals surface area contributed by atoms with Crippen LogP contribution in [-0.4, -0.2) is 23.8 Å². The minimum atomic E-state index is -1.51. The van der Waals surface area contributed by atoms with Gasteiger partial charge in [0.1, 0.15) is 8.80 Å². The Kier molecular flexibility index (Phi) is 5.15. The number of hydrogen-bond acceptors (Lipinski definition) is 1. The van der Waals surface area contributed by atoms with Gasteiger partial charge in [0.05, 0.1) is 6.54 Å². The molecule has 146 valence electrons. The Labute approximate surface area is 178 Å². The molecule has 0 saturated carbocycles. The first-order valence-corrected chi connectivity index (χ1v) is 12.0. The van der Waals surface area contributed by atoms with Crippen LogP contribution >= 0.6 is 0 Å². The van der Waals surface area contributed by atoms with Crippen LogP contribution in [0.4, 0.5) is 0 Å². The van der Waals surface area contributed by atoms with Gasteiger partial charge in [-0.25, -0.2) is 0 Å². The number of aromatic amines is 1. The Balaban J connectivity index is 1.43. The van der Waals surface area contributed by atoms with E-state index in [-0.39, 0.29) is 0 Å². The van der Waals surface area contributed by atoms with Crippen LogP contribution < -0.4 is 15.6 Å². The van der Waals surface area contributed by atoms with E-state index in [0.717, 1.165) is 17.9 Å². The molecule has 0 aliphatic rings. The largest absolute Gasteiger partial charge is 0.263 e. The molecule has 3 nitrogen and oxygen atoms in total. The van der Waals surface area contributed by atoms with Crippen molar-refractivity contribution in [3.05, 3.63) is 121 Å². The minimum Gasteiger partial charge on any atom is -0.263 e. The van der Waals surface area contributed by atoms with Gasteiger partial charge in [-0.2, -0.15) is 4.80 Å². The van der Waals surface area contributed by atoms with E-state index in [1.165, 1.54) is 21.1 Å². The smallest absolute Gasteiger partial charge is 0.175 e. The van der Waals surface area contributed by atoms with Crippen molar-refractivity contribution < 1.29 is 0 Å². The molecule has 4 aromatic carbocycles. The Morgan fingerprint density at radius 2 is 1.17 bits per heavy atom. The Morgan fingerprint density at radius 1 is 0.633 bits per heavy atom. The van der Waals surface area contributed by atoms with E-state index < -0.39 is 8.80 Å². The number of nitrogens with zero attached hydrogens (tertiary/aromatic N) is 2. The molecule has 30 heavy (non-hydrogen) atoms. The van der Waals surface area contributed by atoms with E-state index in [9.17, 15) is 0 Å². The number of benzene rings is 4. The molecule has 0 aliphatic heterocycles. The van der Waals surface area contributed by atoms with Crippen molar-refractivity contribution in [1.29, 1.82) is 0 Å². The molecule has 1 aromatic heterocycles. The van der Waals surface area contributed by atoms with E-state index in [0.29, 0.717) is 0 Å². The van der Waals surface area contributed by atoms with Gasteiger partial charge < -0.3 is 0 Å². The molecular weight excluding hydrogens is 382 g/mol. The highest BCUT2D eigenvalue weighted by molar-refractivity contribution is 6.95. The molecule has 0 bridgehead atoms. The molecule has 5 aromatic rings. The third kappa shape index (κ3) is 3.91. The SMILES string of the molecule is c1ccc(-c2nn(Cc3cccc([SiH](c4ccccc4)c4ccccc4)c3)[nH]2)cc1. The first-order chi connectivity index (χ1) is 14.9. The summed E-state index contributed by atoms with van der Waals surface area (Å²) in [6.45, 7) is 0.745. The van der Waals surface area contributed by atoms with Crippen LogP contribution in [0.5, 0.6) is 0 Å². The van der Waals surface area contributed by atoms with Crippen LogP contribution in [0, 0.1) is 0 Å². The van der Waals surface area contributed by atoms with Crippen molar-refractivity contribution >= 4 is 24.4 Å². The molecule has 0 spiro atoms. The molecule has 1 heterocycles. The van der Waals surface area contributed by atoms with Gasteiger partial charge in [0.2, 0.25) is 0 Å². The highest BCUT2D eigenvalue weighted by Crippen LogP contribution is 2.14. The normalized spacial score (nSPS) is 11.1. The average molecular weight is 406 g/mol. The predicted molar refractivity (Wildman–Crippen MR) is 126 cm³/mol. The average Bonchev–Trinajstić information content (AvgIpc) is 2.79. The molecule has 0 aliphatic carbocycles. The summed E-state index contributed by atoms with van der Waals surface area (Å²) in [6, 6.07) is 41.1. The summed E-state index contributed by atoms with van der Waals surface area (Å²) < 4.78 is 0. The second-order valence-corrected chi connectivity index (χ2v) is 10.3. The summed E-state index contributed by atoms with van der Waals surface area (Å²) in [7, 11) is -1.51.